The molecule has 3 amide bonds. The van der Waals surface area contributed by atoms with Crippen molar-refractivity contribution in [3.05, 3.63) is 35.4 Å². The van der Waals surface area contributed by atoms with Gasteiger partial charge in [0.2, 0.25) is 0 Å². The predicted molar refractivity (Wildman–Crippen MR) is 101 cm³/mol. The van der Waals surface area contributed by atoms with Crippen molar-refractivity contribution in [2.24, 2.45) is 5.73 Å². The normalized spacial score (nSPS) is 21.2. The number of morpholine rings is 1. The molecule has 0 spiro atoms. The zero-order valence-corrected chi connectivity index (χ0v) is 16.0. The Morgan fingerprint density at radius 3 is 2.27 bits per heavy atom. The highest BCUT2D eigenvalue weighted by atomic mass is 16.5. The van der Waals surface area contributed by atoms with Crippen LogP contribution in [0.5, 0.6) is 0 Å². The first-order valence-electron chi connectivity index (χ1n) is 8.98. The summed E-state index contributed by atoms with van der Waals surface area (Å²) in [6.45, 7) is 11.0. The van der Waals surface area contributed by atoms with Crippen molar-refractivity contribution in [2.75, 3.05) is 19.6 Å². The molecule has 0 aromatic heterocycles. The predicted octanol–water partition coefficient (Wildman–Crippen LogP) is 1.47. The maximum Gasteiger partial charge on any atom is 0.312 e. The Morgan fingerprint density at radius 1 is 1.15 bits per heavy atom. The second-order valence-corrected chi connectivity index (χ2v) is 7.57. The molecule has 1 heterocycles. The van der Waals surface area contributed by atoms with E-state index in [0.29, 0.717) is 18.7 Å². The van der Waals surface area contributed by atoms with E-state index in [1.165, 1.54) is 0 Å². The Morgan fingerprint density at radius 2 is 1.73 bits per heavy atom. The third-order valence-electron chi connectivity index (χ3n) is 4.64. The lowest BCUT2D eigenvalue weighted by Crippen LogP contribution is -2.58. The highest BCUT2D eigenvalue weighted by molar-refractivity contribution is 5.94. The third kappa shape index (κ3) is 5.71. The van der Waals surface area contributed by atoms with E-state index < -0.39 is 6.03 Å². The van der Waals surface area contributed by atoms with E-state index in [4.69, 9.17) is 10.5 Å². The highest BCUT2D eigenvalue weighted by Crippen LogP contribution is 2.20. The SMILES string of the molecule is CC1CN(C(C)(C)CNC(=O)c2ccc(CNC(N)=O)cc2)CC(C)O1. The van der Waals surface area contributed by atoms with Crippen molar-refractivity contribution in [2.45, 2.75) is 52.0 Å². The van der Waals surface area contributed by atoms with Crippen LogP contribution < -0.4 is 16.4 Å². The molecule has 7 nitrogen and oxygen atoms in total. The van der Waals surface area contributed by atoms with Gasteiger partial charge in [0, 0.05) is 37.3 Å². The number of carbonyl (C=O) groups is 2. The van der Waals surface area contributed by atoms with Gasteiger partial charge in [-0.25, -0.2) is 4.79 Å². The van der Waals surface area contributed by atoms with Crippen LogP contribution in [-0.4, -0.2) is 54.2 Å². The summed E-state index contributed by atoms with van der Waals surface area (Å²) in [6.07, 6.45) is 0.380. The molecule has 2 atom stereocenters. The number of benzene rings is 1. The van der Waals surface area contributed by atoms with Gasteiger partial charge in [-0.2, -0.15) is 0 Å². The van der Waals surface area contributed by atoms with Gasteiger partial charge in [0.15, 0.2) is 0 Å². The molecule has 0 radical (unpaired) electrons. The lowest BCUT2D eigenvalue weighted by atomic mass is 9.99. The number of hydrogen-bond acceptors (Lipinski definition) is 4. The van der Waals surface area contributed by atoms with Gasteiger partial charge in [0.1, 0.15) is 0 Å². The number of ether oxygens (including phenoxy) is 1. The minimum Gasteiger partial charge on any atom is -0.373 e. The van der Waals surface area contributed by atoms with Gasteiger partial charge < -0.3 is 21.1 Å². The van der Waals surface area contributed by atoms with Crippen LogP contribution in [0.25, 0.3) is 0 Å². The first-order chi connectivity index (χ1) is 12.2. The third-order valence-corrected chi connectivity index (χ3v) is 4.64. The van der Waals surface area contributed by atoms with Crippen LogP contribution in [0.3, 0.4) is 0 Å². The number of rotatable bonds is 6. The Balaban J connectivity index is 1.89. The number of nitrogens with one attached hydrogen (secondary N) is 2. The minimum absolute atomic E-state index is 0.109. The standard InChI is InChI=1S/C19H30N4O3/c1-13-10-23(11-14(2)26-13)19(3,4)12-22-17(24)16-7-5-15(6-8-16)9-21-18(20)25/h5-8,13-14H,9-12H2,1-4H3,(H,22,24)(H3,20,21,25). The van der Waals surface area contributed by atoms with E-state index in [1.807, 2.05) is 0 Å². The topological polar surface area (TPSA) is 96.7 Å². The number of hydrogen-bond donors (Lipinski definition) is 3. The first-order valence-corrected chi connectivity index (χ1v) is 8.98. The van der Waals surface area contributed by atoms with E-state index in [2.05, 4.69) is 43.2 Å². The fourth-order valence-corrected chi connectivity index (χ4v) is 3.15. The molecule has 26 heavy (non-hydrogen) atoms. The van der Waals surface area contributed by atoms with Gasteiger partial charge in [-0.1, -0.05) is 12.1 Å². The molecule has 7 heteroatoms. The lowest BCUT2D eigenvalue weighted by Gasteiger charge is -2.45. The second kappa shape index (κ2) is 8.51. The van der Waals surface area contributed by atoms with Gasteiger partial charge >= 0.3 is 6.03 Å². The summed E-state index contributed by atoms with van der Waals surface area (Å²) < 4.78 is 5.79. The Hall–Kier alpha value is -2.12. The minimum atomic E-state index is -0.569. The summed E-state index contributed by atoms with van der Waals surface area (Å²) >= 11 is 0. The van der Waals surface area contributed by atoms with Crippen molar-refractivity contribution in [3.63, 3.8) is 0 Å². The quantitative estimate of drug-likeness (QED) is 0.714. The molecule has 144 valence electrons. The fourth-order valence-electron chi connectivity index (χ4n) is 3.15. The lowest BCUT2D eigenvalue weighted by molar-refractivity contribution is -0.0948. The Labute approximate surface area is 155 Å². The van der Waals surface area contributed by atoms with E-state index in [9.17, 15) is 9.59 Å². The highest BCUT2D eigenvalue weighted by Gasteiger charge is 2.33. The van der Waals surface area contributed by atoms with Gasteiger partial charge in [0.25, 0.3) is 5.91 Å². The largest absolute Gasteiger partial charge is 0.373 e. The number of carbonyl (C=O) groups excluding carboxylic acids is 2. The van der Waals surface area contributed by atoms with Crippen LogP contribution in [0.15, 0.2) is 24.3 Å². The van der Waals surface area contributed by atoms with Gasteiger partial charge in [0.05, 0.1) is 12.2 Å². The average molecular weight is 362 g/mol. The zero-order chi connectivity index (χ0) is 19.3. The van der Waals surface area contributed by atoms with Gasteiger partial charge in [-0.05, 0) is 45.4 Å². The molecule has 0 saturated carbocycles. The molecule has 2 rings (SSSR count). The molecule has 1 aromatic rings. The molecule has 4 N–H and O–H groups in total. The van der Waals surface area contributed by atoms with Crippen LogP contribution in [-0.2, 0) is 11.3 Å². The second-order valence-electron chi connectivity index (χ2n) is 7.57. The number of primary amides is 1. The molecular formula is C19H30N4O3. The maximum absolute atomic E-state index is 12.4. The van der Waals surface area contributed by atoms with Crippen molar-refractivity contribution in [3.8, 4) is 0 Å². The number of urea groups is 1. The van der Waals surface area contributed by atoms with Crippen molar-refractivity contribution < 1.29 is 14.3 Å². The Kier molecular flexibility index (Phi) is 6.61. The number of amides is 3. The molecule has 1 saturated heterocycles. The first kappa shape index (κ1) is 20.2. The summed E-state index contributed by atoms with van der Waals surface area (Å²) in [7, 11) is 0. The molecule has 1 fully saturated rings. The molecule has 1 aliphatic heterocycles. The molecular weight excluding hydrogens is 332 g/mol. The molecule has 0 aliphatic carbocycles. The summed E-state index contributed by atoms with van der Waals surface area (Å²) in [4.78, 5) is 25.5. The van der Waals surface area contributed by atoms with Crippen LogP contribution in [0.1, 0.15) is 43.6 Å². The van der Waals surface area contributed by atoms with E-state index in [-0.39, 0.29) is 23.7 Å². The fraction of sp³-hybridized carbons (Fsp3) is 0.579. The van der Waals surface area contributed by atoms with Crippen LogP contribution in [0.4, 0.5) is 4.79 Å². The summed E-state index contributed by atoms with van der Waals surface area (Å²) in [5.74, 6) is -0.109. The summed E-state index contributed by atoms with van der Waals surface area (Å²) in [5.41, 5.74) is 6.37. The summed E-state index contributed by atoms with van der Waals surface area (Å²) in [5, 5.41) is 5.55. The molecule has 1 aromatic carbocycles. The van der Waals surface area contributed by atoms with Crippen molar-refractivity contribution in [1.29, 1.82) is 0 Å². The number of nitrogens with zero attached hydrogens (tertiary/aromatic N) is 1. The maximum atomic E-state index is 12.4. The van der Waals surface area contributed by atoms with Gasteiger partial charge in [-0.3, -0.25) is 9.69 Å². The zero-order valence-electron chi connectivity index (χ0n) is 16.0. The van der Waals surface area contributed by atoms with Crippen LogP contribution in [0.2, 0.25) is 0 Å². The molecule has 2 unspecified atom stereocenters. The van der Waals surface area contributed by atoms with Crippen LogP contribution >= 0.6 is 0 Å². The summed E-state index contributed by atoms with van der Waals surface area (Å²) in [6, 6.07) is 6.54. The average Bonchev–Trinajstić information content (AvgIpc) is 2.57. The van der Waals surface area contributed by atoms with Crippen molar-refractivity contribution in [1.82, 2.24) is 15.5 Å². The van der Waals surface area contributed by atoms with Crippen LogP contribution in [0, 0.1) is 0 Å². The Bertz CT molecular complexity index is 620. The van der Waals surface area contributed by atoms with E-state index in [1.54, 1.807) is 24.3 Å². The number of nitrogens with two attached hydrogens (primary N) is 1. The van der Waals surface area contributed by atoms with E-state index >= 15 is 0 Å². The molecule has 0 bridgehead atoms. The van der Waals surface area contributed by atoms with Crippen molar-refractivity contribution >= 4 is 11.9 Å². The monoisotopic (exact) mass is 362 g/mol. The van der Waals surface area contributed by atoms with Gasteiger partial charge in [-0.15, -0.1) is 0 Å². The smallest absolute Gasteiger partial charge is 0.312 e. The van der Waals surface area contributed by atoms with E-state index in [0.717, 1.165) is 18.7 Å². The molecule has 1 aliphatic rings.